The number of aromatic nitrogens is 2. The average molecular weight is 360 g/mol. The van der Waals surface area contributed by atoms with E-state index in [9.17, 15) is 4.79 Å². The average Bonchev–Trinajstić information content (AvgIpc) is 3.33. The Balaban J connectivity index is 1.44. The second-order valence-electron chi connectivity index (χ2n) is 7.02. The molecule has 27 heavy (non-hydrogen) atoms. The molecule has 5 heteroatoms. The lowest BCUT2D eigenvalue weighted by Crippen LogP contribution is -2.34. The molecule has 1 N–H and O–H groups in total. The Hall–Kier alpha value is -3.08. The van der Waals surface area contributed by atoms with Crippen molar-refractivity contribution >= 4 is 11.8 Å². The number of urea groups is 1. The highest BCUT2D eigenvalue weighted by Gasteiger charge is 2.31. The van der Waals surface area contributed by atoms with Crippen LogP contribution in [0.2, 0.25) is 0 Å². The first-order chi connectivity index (χ1) is 13.2. The molecule has 0 spiro atoms. The molecule has 1 aromatic heterocycles. The number of likely N-dealkylation sites (tertiary alicyclic amines) is 1. The van der Waals surface area contributed by atoms with Gasteiger partial charge in [0.15, 0.2) is 5.82 Å². The van der Waals surface area contributed by atoms with E-state index < -0.39 is 0 Å². The van der Waals surface area contributed by atoms with Crippen LogP contribution in [0.3, 0.4) is 0 Å². The molecule has 138 valence electrons. The predicted molar refractivity (Wildman–Crippen MR) is 107 cm³/mol. The van der Waals surface area contributed by atoms with E-state index >= 15 is 0 Å². The lowest BCUT2D eigenvalue weighted by atomic mass is 9.99. The Bertz CT molecular complexity index is 919. The molecular weight excluding hydrogens is 336 g/mol. The van der Waals surface area contributed by atoms with Crippen molar-refractivity contribution in [3.8, 4) is 0 Å². The lowest BCUT2D eigenvalue weighted by molar-refractivity contribution is 0.207. The topological polar surface area (TPSA) is 50.2 Å². The zero-order valence-corrected chi connectivity index (χ0v) is 15.5. The summed E-state index contributed by atoms with van der Waals surface area (Å²) in [6.07, 6.45) is 3.92. The molecule has 1 atom stereocenters. The van der Waals surface area contributed by atoms with Crippen LogP contribution in [0, 0.1) is 6.92 Å². The Morgan fingerprint density at radius 1 is 1.11 bits per heavy atom. The molecule has 2 heterocycles. The minimum atomic E-state index is -0.0780. The fourth-order valence-corrected chi connectivity index (χ4v) is 3.76. The molecule has 0 aliphatic carbocycles. The van der Waals surface area contributed by atoms with Gasteiger partial charge in [-0.15, -0.1) is 0 Å². The van der Waals surface area contributed by atoms with E-state index in [1.807, 2.05) is 52.2 Å². The number of aryl methyl sites for hydroxylation is 1. The number of hydrogen-bond donors (Lipinski definition) is 1. The number of nitrogens with one attached hydrogen (secondary N) is 1. The number of nitrogens with zero attached hydrogens (tertiary/aromatic N) is 3. The predicted octanol–water partition coefficient (Wildman–Crippen LogP) is 4.61. The summed E-state index contributed by atoms with van der Waals surface area (Å²) in [6.45, 7) is 3.57. The Morgan fingerprint density at radius 2 is 1.89 bits per heavy atom. The summed E-state index contributed by atoms with van der Waals surface area (Å²) >= 11 is 0. The first kappa shape index (κ1) is 17.3. The van der Waals surface area contributed by atoms with Gasteiger partial charge in [-0.25, -0.2) is 4.79 Å². The second-order valence-corrected chi connectivity index (χ2v) is 7.02. The van der Waals surface area contributed by atoms with Crippen molar-refractivity contribution in [1.82, 2.24) is 14.7 Å². The summed E-state index contributed by atoms with van der Waals surface area (Å²) in [7, 11) is 0. The quantitative estimate of drug-likeness (QED) is 0.739. The molecule has 0 saturated carbocycles. The summed E-state index contributed by atoms with van der Waals surface area (Å²) < 4.78 is 1.84. The highest BCUT2D eigenvalue weighted by molar-refractivity contribution is 5.88. The van der Waals surface area contributed by atoms with E-state index in [0.29, 0.717) is 12.4 Å². The van der Waals surface area contributed by atoms with Crippen LogP contribution in [0.15, 0.2) is 66.9 Å². The van der Waals surface area contributed by atoms with Crippen LogP contribution in [0.5, 0.6) is 0 Å². The molecule has 0 unspecified atom stereocenters. The van der Waals surface area contributed by atoms with E-state index in [0.717, 1.165) is 19.4 Å². The Morgan fingerprint density at radius 3 is 2.70 bits per heavy atom. The Labute approximate surface area is 159 Å². The molecule has 3 aromatic rings. The van der Waals surface area contributed by atoms with Gasteiger partial charge in [-0.05, 0) is 36.5 Å². The Kier molecular flexibility index (Phi) is 4.92. The van der Waals surface area contributed by atoms with Gasteiger partial charge in [0.1, 0.15) is 0 Å². The van der Waals surface area contributed by atoms with Crippen molar-refractivity contribution < 1.29 is 4.79 Å². The van der Waals surface area contributed by atoms with E-state index in [-0.39, 0.29) is 12.1 Å². The van der Waals surface area contributed by atoms with Crippen LogP contribution in [0.4, 0.5) is 10.6 Å². The number of carbonyl (C=O) groups excluding carboxylic acids is 1. The first-order valence-corrected chi connectivity index (χ1v) is 9.41. The normalized spacial score (nSPS) is 16.5. The smallest absolute Gasteiger partial charge is 0.317 e. The number of benzene rings is 2. The molecule has 1 aliphatic rings. The summed E-state index contributed by atoms with van der Waals surface area (Å²) in [4.78, 5) is 14.8. The molecule has 1 fully saturated rings. The van der Waals surface area contributed by atoms with Gasteiger partial charge in [-0.3, -0.25) is 10.00 Å². The molecular formula is C22H24N4O. The summed E-state index contributed by atoms with van der Waals surface area (Å²) in [5, 5.41) is 7.45. The number of anilines is 1. The summed E-state index contributed by atoms with van der Waals surface area (Å²) in [6, 6.07) is 20.4. The first-order valence-electron chi connectivity index (χ1n) is 9.41. The van der Waals surface area contributed by atoms with Crippen LogP contribution >= 0.6 is 0 Å². The third-order valence-electron chi connectivity index (χ3n) is 5.12. The molecule has 2 amide bonds. The lowest BCUT2D eigenvalue weighted by Gasteiger charge is -2.26. The molecule has 5 nitrogen and oxygen atoms in total. The SMILES string of the molecule is Cc1ccccc1[C@H]1CCCN1C(=O)Nc1ccn(Cc2ccccc2)n1. The van der Waals surface area contributed by atoms with Gasteiger partial charge in [0.2, 0.25) is 0 Å². The van der Waals surface area contributed by atoms with Crippen LogP contribution in [0.1, 0.15) is 35.6 Å². The molecule has 1 aliphatic heterocycles. The highest BCUT2D eigenvalue weighted by Crippen LogP contribution is 2.33. The van der Waals surface area contributed by atoms with E-state index in [2.05, 4.69) is 41.6 Å². The fourth-order valence-electron chi connectivity index (χ4n) is 3.76. The van der Waals surface area contributed by atoms with Crippen molar-refractivity contribution in [2.75, 3.05) is 11.9 Å². The second kappa shape index (κ2) is 7.66. The van der Waals surface area contributed by atoms with Crippen molar-refractivity contribution in [1.29, 1.82) is 0 Å². The third-order valence-corrected chi connectivity index (χ3v) is 5.12. The molecule has 0 bridgehead atoms. The maximum Gasteiger partial charge on any atom is 0.323 e. The number of rotatable bonds is 4. The maximum absolute atomic E-state index is 12.8. The van der Waals surface area contributed by atoms with E-state index in [4.69, 9.17) is 0 Å². The van der Waals surface area contributed by atoms with Gasteiger partial charge in [0.05, 0.1) is 12.6 Å². The van der Waals surface area contributed by atoms with Gasteiger partial charge in [0.25, 0.3) is 0 Å². The third kappa shape index (κ3) is 3.87. The van der Waals surface area contributed by atoms with Crippen molar-refractivity contribution in [2.45, 2.75) is 32.4 Å². The zero-order chi connectivity index (χ0) is 18.6. The number of hydrogen-bond acceptors (Lipinski definition) is 2. The maximum atomic E-state index is 12.8. The van der Waals surface area contributed by atoms with Crippen LogP contribution in [0.25, 0.3) is 0 Å². The minimum absolute atomic E-state index is 0.0780. The van der Waals surface area contributed by atoms with E-state index in [1.54, 1.807) is 0 Å². The molecule has 0 radical (unpaired) electrons. The monoisotopic (exact) mass is 360 g/mol. The van der Waals surface area contributed by atoms with Crippen molar-refractivity contribution in [3.63, 3.8) is 0 Å². The van der Waals surface area contributed by atoms with Crippen LogP contribution in [-0.4, -0.2) is 27.3 Å². The fraction of sp³-hybridized carbons (Fsp3) is 0.273. The van der Waals surface area contributed by atoms with Crippen LogP contribution in [-0.2, 0) is 6.54 Å². The van der Waals surface area contributed by atoms with Gasteiger partial charge in [-0.1, -0.05) is 54.6 Å². The van der Waals surface area contributed by atoms with Gasteiger partial charge >= 0.3 is 6.03 Å². The zero-order valence-electron chi connectivity index (χ0n) is 15.5. The van der Waals surface area contributed by atoms with E-state index in [1.165, 1.54) is 16.7 Å². The largest absolute Gasteiger partial charge is 0.323 e. The van der Waals surface area contributed by atoms with Gasteiger partial charge < -0.3 is 4.90 Å². The number of amides is 2. The van der Waals surface area contributed by atoms with Crippen LogP contribution < -0.4 is 5.32 Å². The standard InChI is InChI=1S/C22H24N4O/c1-17-8-5-6-11-19(17)20-12-7-14-26(20)22(27)23-21-13-15-25(24-21)16-18-9-3-2-4-10-18/h2-6,8-11,13,15,20H,7,12,14,16H2,1H3,(H,23,24,27)/t20-/m1/s1. The highest BCUT2D eigenvalue weighted by atomic mass is 16.2. The van der Waals surface area contributed by atoms with Crippen molar-refractivity contribution in [3.05, 3.63) is 83.6 Å². The molecule has 4 rings (SSSR count). The number of carbonyl (C=O) groups is 1. The summed E-state index contributed by atoms with van der Waals surface area (Å²) in [5.74, 6) is 0.589. The molecule has 1 saturated heterocycles. The van der Waals surface area contributed by atoms with Gasteiger partial charge in [-0.2, -0.15) is 5.10 Å². The summed E-state index contributed by atoms with van der Waals surface area (Å²) in [5.41, 5.74) is 3.65. The van der Waals surface area contributed by atoms with Crippen molar-refractivity contribution in [2.24, 2.45) is 0 Å². The van der Waals surface area contributed by atoms with Gasteiger partial charge in [0, 0.05) is 18.8 Å². The minimum Gasteiger partial charge on any atom is -0.317 e. The molecule has 2 aromatic carbocycles.